The van der Waals surface area contributed by atoms with Crippen LogP contribution in [0.2, 0.25) is 0 Å². The first-order valence-corrected chi connectivity index (χ1v) is 9.77. The monoisotopic (exact) mass is 369 g/mol. The third-order valence-electron chi connectivity index (χ3n) is 5.69. The fourth-order valence-electron chi connectivity index (χ4n) is 3.96. The highest BCUT2D eigenvalue weighted by molar-refractivity contribution is 5.98. The first-order valence-electron chi connectivity index (χ1n) is 9.77. The van der Waals surface area contributed by atoms with Crippen molar-refractivity contribution in [2.45, 2.75) is 31.8 Å². The smallest absolute Gasteiger partial charge is 0.317 e. The zero-order chi connectivity index (χ0) is 18.8. The fraction of sp³-hybridized carbons (Fsp3) is 0.500. The number of nitrogens with one attached hydrogen (secondary N) is 3. The molecule has 1 aromatic heterocycles. The molecule has 3 heterocycles. The van der Waals surface area contributed by atoms with Gasteiger partial charge in [0.25, 0.3) is 5.91 Å². The number of amides is 3. The largest absolute Gasteiger partial charge is 0.351 e. The number of para-hydroxylation sites is 1. The number of H-pyrrole nitrogens is 1. The van der Waals surface area contributed by atoms with Crippen LogP contribution in [-0.2, 0) is 0 Å². The number of fused-ring (bicyclic) bond motifs is 1. The van der Waals surface area contributed by atoms with E-state index in [1.54, 1.807) is 0 Å². The van der Waals surface area contributed by atoms with E-state index in [1.807, 2.05) is 40.1 Å². The number of carbonyl (C=O) groups is 2. The van der Waals surface area contributed by atoms with Crippen molar-refractivity contribution in [1.82, 2.24) is 25.4 Å². The van der Waals surface area contributed by atoms with E-state index in [4.69, 9.17) is 0 Å². The van der Waals surface area contributed by atoms with Crippen LogP contribution in [0.3, 0.4) is 0 Å². The molecule has 0 bridgehead atoms. The lowest BCUT2D eigenvalue weighted by molar-refractivity contribution is 0.0657. The van der Waals surface area contributed by atoms with Crippen LogP contribution in [0.5, 0.6) is 0 Å². The Morgan fingerprint density at radius 1 is 1.11 bits per heavy atom. The van der Waals surface area contributed by atoms with Crippen molar-refractivity contribution >= 4 is 22.8 Å². The van der Waals surface area contributed by atoms with E-state index in [0.717, 1.165) is 30.3 Å². The minimum absolute atomic E-state index is 0.00337. The summed E-state index contributed by atoms with van der Waals surface area (Å²) in [4.78, 5) is 32.2. The van der Waals surface area contributed by atoms with Crippen molar-refractivity contribution in [3.63, 3.8) is 0 Å². The molecule has 2 aliphatic rings. The summed E-state index contributed by atoms with van der Waals surface area (Å²) in [5.41, 5.74) is 1.57. The summed E-state index contributed by atoms with van der Waals surface area (Å²) in [7, 11) is 0. The summed E-state index contributed by atoms with van der Waals surface area (Å²) in [5.74, 6) is -0.00337. The van der Waals surface area contributed by atoms with E-state index in [2.05, 4.69) is 22.5 Å². The summed E-state index contributed by atoms with van der Waals surface area (Å²) in [6.45, 7) is 5.36. The van der Waals surface area contributed by atoms with Gasteiger partial charge in [-0.15, -0.1) is 0 Å². The molecular weight excluding hydrogens is 342 g/mol. The number of hydrogen-bond acceptors (Lipinski definition) is 3. The van der Waals surface area contributed by atoms with E-state index in [0.29, 0.717) is 37.9 Å². The Morgan fingerprint density at radius 3 is 2.59 bits per heavy atom. The molecule has 4 rings (SSSR count). The van der Waals surface area contributed by atoms with Gasteiger partial charge in [0.1, 0.15) is 5.69 Å². The molecule has 0 aliphatic carbocycles. The lowest BCUT2D eigenvalue weighted by Crippen LogP contribution is -2.58. The Morgan fingerprint density at radius 2 is 1.85 bits per heavy atom. The molecule has 0 saturated carbocycles. The Labute approximate surface area is 159 Å². The number of benzene rings is 1. The molecule has 2 aromatic rings. The topological polar surface area (TPSA) is 80.5 Å². The number of urea groups is 1. The van der Waals surface area contributed by atoms with Gasteiger partial charge in [-0.2, -0.15) is 0 Å². The second-order valence-electron chi connectivity index (χ2n) is 7.49. The summed E-state index contributed by atoms with van der Waals surface area (Å²) >= 11 is 0. The average Bonchev–Trinajstić information content (AvgIpc) is 3.13. The maximum Gasteiger partial charge on any atom is 0.317 e. The SMILES string of the molecule is CC1NCCCC1NC(=O)N1CCN(C(=O)c2cc3ccccc3[nH]2)CC1. The summed E-state index contributed by atoms with van der Waals surface area (Å²) in [6.07, 6.45) is 2.10. The minimum atomic E-state index is -0.0201. The fourth-order valence-corrected chi connectivity index (χ4v) is 3.96. The predicted octanol–water partition coefficient (Wildman–Crippen LogP) is 1.78. The number of hydrogen-bond donors (Lipinski definition) is 3. The number of rotatable bonds is 2. The Balaban J connectivity index is 1.32. The maximum atomic E-state index is 12.8. The zero-order valence-electron chi connectivity index (χ0n) is 15.7. The van der Waals surface area contributed by atoms with Gasteiger partial charge in [-0.3, -0.25) is 4.79 Å². The van der Waals surface area contributed by atoms with Crippen molar-refractivity contribution < 1.29 is 9.59 Å². The first-order chi connectivity index (χ1) is 13.1. The predicted molar refractivity (Wildman–Crippen MR) is 105 cm³/mol. The van der Waals surface area contributed by atoms with Crippen molar-refractivity contribution in [2.75, 3.05) is 32.7 Å². The quantitative estimate of drug-likeness (QED) is 0.755. The van der Waals surface area contributed by atoms with E-state index in [-0.39, 0.29) is 18.0 Å². The molecule has 144 valence electrons. The van der Waals surface area contributed by atoms with Gasteiger partial charge in [0.2, 0.25) is 0 Å². The first kappa shape index (κ1) is 17.9. The van der Waals surface area contributed by atoms with E-state index >= 15 is 0 Å². The van der Waals surface area contributed by atoms with Crippen LogP contribution in [-0.4, -0.2) is 71.5 Å². The highest BCUT2D eigenvalue weighted by atomic mass is 16.2. The van der Waals surface area contributed by atoms with Crippen LogP contribution in [0.4, 0.5) is 4.79 Å². The number of nitrogens with zero attached hydrogens (tertiary/aromatic N) is 2. The van der Waals surface area contributed by atoms with Crippen molar-refractivity contribution in [3.8, 4) is 0 Å². The van der Waals surface area contributed by atoms with Crippen molar-refractivity contribution in [2.24, 2.45) is 0 Å². The molecule has 2 atom stereocenters. The molecule has 7 nitrogen and oxygen atoms in total. The Kier molecular flexibility index (Phi) is 5.03. The summed E-state index contributed by atoms with van der Waals surface area (Å²) < 4.78 is 0. The second kappa shape index (κ2) is 7.60. The van der Waals surface area contributed by atoms with E-state index in [1.165, 1.54) is 0 Å². The Hall–Kier alpha value is -2.54. The van der Waals surface area contributed by atoms with Gasteiger partial charge < -0.3 is 25.4 Å². The van der Waals surface area contributed by atoms with Gasteiger partial charge in [0, 0.05) is 49.2 Å². The molecular formula is C20H27N5O2. The minimum Gasteiger partial charge on any atom is -0.351 e. The molecule has 2 saturated heterocycles. The van der Waals surface area contributed by atoms with Gasteiger partial charge in [0.05, 0.1) is 0 Å². The summed E-state index contributed by atoms with van der Waals surface area (Å²) in [6, 6.07) is 10.2. The molecule has 1 aromatic carbocycles. The molecule has 3 N–H and O–H groups in total. The standard InChI is InChI=1S/C20H27N5O2/c1-14-16(7-4-8-21-14)23-20(27)25-11-9-24(10-12-25)19(26)18-13-15-5-2-3-6-17(15)22-18/h2-3,5-6,13-14,16,21-22H,4,7-12H2,1H3,(H,23,27). The van der Waals surface area contributed by atoms with Gasteiger partial charge in [0.15, 0.2) is 0 Å². The number of piperidine rings is 1. The van der Waals surface area contributed by atoms with Crippen LogP contribution in [0.1, 0.15) is 30.3 Å². The number of piperazine rings is 1. The van der Waals surface area contributed by atoms with Crippen LogP contribution >= 0.6 is 0 Å². The van der Waals surface area contributed by atoms with Crippen molar-refractivity contribution in [1.29, 1.82) is 0 Å². The van der Waals surface area contributed by atoms with E-state index < -0.39 is 0 Å². The number of aromatic nitrogens is 1. The molecule has 27 heavy (non-hydrogen) atoms. The van der Waals surface area contributed by atoms with Gasteiger partial charge in [-0.25, -0.2) is 4.79 Å². The molecule has 2 fully saturated rings. The molecule has 7 heteroatoms. The maximum absolute atomic E-state index is 12.8. The third kappa shape index (κ3) is 3.78. The molecule has 0 spiro atoms. The number of carbonyl (C=O) groups excluding carboxylic acids is 2. The third-order valence-corrected chi connectivity index (χ3v) is 5.69. The molecule has 0 radical (unpaired) electrons. The lowest BCUT2D eigenvalue weighted by atomic mass is 10.0. The van der Waals surface area contributed by atoms with Crippen LogP contribution in [0.25, 0.3) is 10.9 Å². The van der Waals surface area contributed by atoms with Crippen LogP contribution < -0.4 is 10.6 Å². The lowest BCUT2D eigenvalue weighted by Gasteiger charge is -2.37. The van der Waals surface area contributed by atoms with Gasteiger partial charge in [-0.1, -0.05) is 18.2 Å². The van der Waals surface area contributed by atoms with Crippen molar-refractivity contribution in [3.05, 3.63) is 36.0 Å². The highest BCUT2D eigenvalue weighted by Gasteiger charge is 2.28. The van der Waals surface area contributed by atoms with Crippen LogP contribution in [0.15, 0.2) is 30.3 Å². The Bertz CT molecular complexity index is 792. The molecule has 2 aliphatic heterocycles. The molecule has 3 amide bonds. The second-order valence-corrected chi connectivity index (χ2v) is 7.49. The highest BCUT2D eigenvalue weighted by Crippen LogP contribution is 2.17. The summed E-state index contributed by atoms with van der Waals surface area (Å²) in [5, 5.41) is 7.58. The van der Waals surface area contributed by atoms with Gasteiger partial charge in [-0.05, 0) is 38.4 Å². The van der Waals surface area contributed by atoms with Crippen LogP contribution in [0, 0.1) is 0 Å². The average molecular weight is 369 g/mol. The zero-order valence-corrected chi connectivity index (χ0v) is 15.7. The molecule has 2 unspecified atom stereocenters. The normalized spacial score (nSPS) is 23.4. The van der Waals surface area contributed by atoms with Gasteiger partial charge >= 0.3 is 6.03 Å². The van der Waals surface area contributed by atoms with E-state index in [9.17, 15) is 9.59 Å². The number of aromatic amines is 1.